The minimum absolute atomic E-state index is 0.0999. The molecule has 0 amide bonds. The molecule has 0 saturated carbocycles. The number of carbonyl (C=O) groups is 2. The van der Waals surface area contributed by atoms with Crippen LogP contribution in [-0.2, 0) is 4.79 Å². The number of ketones is 1. The standard InChI is InChI=1S/C21H21NO5/c1-13-5-4-6-18-20(13)22(12-19(23)24)11-15(21(18)25)7-14-8-16(26-2)10-17(9-14)27-3/h4-10H,11-12H2,1-3H3,(H,23,24)/b15-7+. The normalized spacial score (nSPS) is 14.9. The first-order valence-corrected chi connectivity index (χ1v) is 8.47. The Bertz CT molecular complexity index is 910. The van der Waals surface area contributed by atoms with E-state index in [9.17, 15) is 14.7 Å². The highest BCUT2D eigenvalue weighted by molar-refractivity contribution is 6.17. The van der Waals surface area contributed by atoms with Crippen molar-refractivity contribution in [2.45, 2.75) is 6.92 Å². The number of fused-ring (bicyclic) bond motifs is 1. The zero-order chi connectivity index (χ0) is 19.6. The van der Waals surface area contributed by atoms with Crippen LogP contribution in [0.3, 0.4) is 0 Å². The van der Waals surface area contributed by atoms with Crippen molar-refractivity contribution < 1.29 is 24.2 Å². The van der Waals surface area contributed by atoms with Crippen LogP contribution in [0.1, 0.15) is 21.5 Å². The molecule has 0 aliphatic carbocycles. The number of methoxy groups -OCH3 is 2. The molecular weight excluding hydrogens is 346 g/mol. The summed E-state index contributed by atoms with van der Waals surface area (Å²) >= 11 is 0. The average molecular weight is 367 g/mol. The van der Waals surface area contributed by atoms with Crippen molar-refractivity contribution in [1.82, 2.24) is 0 Å². The predicted octanol–water partition coefficient (Wildman–Crippen LogP) is 3.18. The van der Waals surface area contributed by atoms with E-state index in [2.05, 4.69) is 0 Å². The first-order chi connectivity index (χ1) is 12.9. The molecule has 0 spiro atoms. The van der Waals surface area contributed by atoms with Gasteiger partial charge in [0.05, 0.1) is 19.9 Å². The highest BCUT2D eigenvalue weighted by atomic mass is 16.5. The number of aryl methyl sites for hydroxylation is 1. The number of rotatable bonds is 5. The number of carboxylic acids is 1. The van der Waals surface area contributed by atoms with Crippen molar-refractivity contribution in [1.29, 1.82) is 0 Å². The average Bonchev–Trinajstić information content (AvgIpc) is 2.64. The molecule has 0 fully saturated rings. The van der Waals surface area contributed by atoms with E-state index in [-0.39, 0.29) is 18.9 Å². The largest absolute Gasteiger partial charge is 0.497 e. The second-order valence-electron chi connectivity index (χ2n) is 6.37. The van der Waals surface area contributed by atoms with Crippen molar-refractivity contribution >= 4 is 23.5 Å². The molecule has 3 rings (SSSR count). The number of nitrogens with zero attached hydrogens (tertiary/aromatic N) is 1. The summed E-state index contributed by atoms with van der Waals surface area (Å²) in [5.74, 6) is 0.185. The fourth-order valence-corrected chi connectivity index (χ4v) is 3.31. The van der Waals surface area contributed by atoms with E-state index in [1.165, 1.54) is 0 Å². The van der Waals surface area contributed by atoms with Gasteiger partial charge in [-0.15, -0.1) is 0 Å². The van der Waals surface area contributed by atoms with Gasteiger partial charge in [0, 0.05) is 23.7 Å². The van der Waals surface area contributed by atoms with Crippen LogP contribution in [-0.4, -0.2) is 44.2 Å². The minimum Gasteiger partial charge on any atom is -0.497 e. The number of benzene rings is 2. The number of hydrogen-bond donors (Lipinski definition) is 1. The van der Waals surface area contributed by atoms with Crippen molar-refractivity contribution in [3.63, 3.8) is 0 Å². The van der Waals surface area contributed by atoms with Gasteiger partial charge in [0.25, 0.3) is 0 Å². The second-order valence-corrected chi connectivity index (χ2v) is 6.37. The third kappa shape index (κ3) is 3.79. The molecule has 1 heterocycles. The van der Waals surface area contributed by atoms with Gasteiger partial charge in [-0.3, -0.25) is 9.59 Å². The molecule has 0 radical (unpaired) electrons. The van der Waals surface area contributed by atoms with Gasteiger partial charge in [-0.25, -0.2) is 0 Å². The Hall–Kier alpha value is -3.28. The molecule has 0 aromatic heterocycles. The molecule has 0 saturated heterocycles. The quantitative estimate of drug-likeness (QED) is 0.818. The van der Waals surface area contributed by atoms with Gasteiger partial charge in [-0.1, -0.05) is 12.1 Å². The smallest absolute Gasteiger partial charge is 0.323 e. The van der Waals surface area contributed by atoms with Gasteiger partial charge >= 0.3 is 5.97 Å². The van der Waals surface area contributed by atoms with E-state index in [1.807, 2.05) is 19.1 Å². The Morgan fingerprint density at radius 1 is 1.19 bits per heavy atom. The Labute approximate surface area is 157 Å². The molecule has 0 atom stereocenters. The molecule has 140 valence electrons. The van der Waals surface area contributed by atoms with Crippen LogP contribution in [0.4, 0.5) is 5.69 Å². The molecule has 2 aromatic rings. The van der Waals surface area contributed by atoms with Gasteiger partial charge in [0.1, 0.15) is 18.0 Å². The van der Waals surface area contributed by atoms with Crippen LogP contribution in [0.25, 0.3) is 6.08 Å². The Morgan fingerprint density at radius 3 is 2.44 bits per heavy atom. The summed E-state index contributed by atoms with van der Waals surface area (Å²) in [4.78, 5) is 26.1. The van der Waals surface area contributed by atoms with Crippen LogP contribution in [0.2, 0.25) is 0 Å². The Morgan fingerprint density at radius 2 is 1.85 bits per heavy atom. The van der Waals surface area contributed by atoms with Crippen LogP contribution < -0.4 is 14.4 Å². The minimum atomic E-state index is -0.944. The molecule has 0 unspecified atom stereocenters. The second kappa shape index (κ2) is 7.53. The topological polar surface area (TPSA) is 76.1 Å². The zero-order valence-electron chi connectivity index (χ0n) is 15.5. The van der Waals surface area contributed by atoms with Crippen molar-refractivity contribution in [2.75, 3.05) is 32.2 Å². The molecule has 6 nitrogen and oxygen atoms in total. The lowest BCUT2D eigenvalue weighted by Crippen LogP contribution is -2.38. The molecule has 27 heavy (non-hydrogen) atoms. The molecule has 2 aromatic carbocycles. The summed E-state index contributed by atoms with van der Waals surface area (Å²) in [6.07, 6.45) is 1.76. The molecule has 1 aliphatic rings. The summed E-state index contributed by atoms with van der Waals surface area (Å²) in [5.41, 5.74) is 3.35. The summed E-state index contributed by atoms with van der Waals surface area (Å²) in [5, 5.41) is 9.28. The summed E-state index contributed by atoms with van der Waals surface area (Å²) < 4.78 is 10.6. The van der Waals surface area contributed by atoms with Gasteiger partial charge < -0.3 is 19.5 Å². The van der Waals surface area contributed by atoms with Gasteiger partial charge in [0.15, 0.2) is 5.78 Å². The van der Waals surface area contributed by atoms with E-state index in [0.717, 1.165) is 11.1 Å². The number of Topliss-reactive ketones (excluding diaryl/α,β-unsaturated/α-hetero) is 1. The molecule has 1 aliphatic heterocycles. The maximum atomic E-state index is 13.0. The Balaban J connectivity index is 2.08. The van der Waals surface area contributed by atoms with Crippen molar-refractivity contribution in [2.24, 2.45) is 0 Å². The predicted molar refractivity (Wildman–Crippen MR) is 103 cm³/mol. The maximum Gasteiger partial charge on any atom is 0.323 e. The highest BCUT2D eigenvalue weighted by Gasteiger charge is 2.29. The number of carboxylic acid groups (broad SMARTS) is 1. The van der Waals surface area contributed by atoms with E-state index in [0.29, 0.717) is 28.3 Å². The van der Waals surface area contributed by atoms with E-state index in [1.54, 1.807) is 49.5 Å². The van der Waals surface area contributed by atoms with Gasteiger partial charge in [-0.2, -0.15) is 0 Å². The van der Waals surface area contributed by atoms with Gasteiger partial charge in [0.2, 0.25) is 0 Å². The molecule has 6 heteroatoms. The van der Waals surface area contributed by atoms with E-state index in [4.69, 9.17) is 9.47 Å². The number of carbonyl (C=O) groups excluding carboxylic acids is 1. The summed E-state index contributed by atoms with van der Waals surface area (Å²) in [6, 6.07) is 10.8. The maximum absolute atomic E-state index is 13.0. The van der Waals surface area contributed by atoms with Crippen molar-refractivity contribution in [3.8, 4) is 11.5 Å². The van der Waals surface area contributed by atoms with E-state index < -0.39 is 5.97 Å². The van der Waals surface area contributed by atoms with Crippen LogP contribution in [0, 0.1) is 6.92 Å². The molecule has 0 bridgehead atoms. The van der Waals surface area contributed by atoms with Crippen LogP contribution >= 0.6 is 0 Å². The number of aliphatic carboxylic acids is 1. The summed E-state index contributed by atoms with van der Waals surface area (Å²) in [6.45, 7) is 1.93. The third-order valence-corrected chi connectivity index (χ3v) is 4.49. The zero-order valence-corrected chi connectivity index (χ0v) is 15.5. The SMILES string of the molecule is COc1cc(/C=C2\CN(CC(=O)O)c3c(C)cccc3C2=O)cc(OC)c1. The number of anilines is 1. The summed E-state index contributed by atoms with van der Waals surface area (Å²) in [7, 11) is 3.12. The van der Waals surface area contributed by atoms with E-state index >= 15 is 0 Å². The number of hydrogen-bond acceptors (Lipinski definition) is 5. The number of ether oxygens (including phenoxy) is 2. The van der Waals surface area contributed by atoms with Crippen LogP contribution in [0.15, 0.2) is 42.0 Å². The lowest BCUT2D eigenvalue weighted by atomic mass is 9.92. The first-order valence-electron chi connectivity index (χ1n) is 8.47. The van der Waals surface area contributed by atoms with Crippen molar-refractivity contribution in [3.05, 3.63) is 58.7 Å². The first kappa shape index (κ1) is 18.5. The molecule has 1 N–H and O–H groups in total. The third-order valence-electron chi connectivity index (χ3n) is 4.49. The highest BCUT2D eigenvalue weighted by Crippen LogP contribution is 2.33. The lowest BCUT2D eigenvalue weighted by Gasteiger charge is -2.32. The molecular formula is C21H21NO5. The van der Waals surface area contributed by atoms with Crippen LogP contribution in [0.5, 0.6) is 11.5 Å². The fraction of sp³-hybridized carbons (Fsp3) is 0.238. The fourth-order valence-electron chi connectivity index (χ4n) is 3.31. The lowest BCUT2D eigenvalue weighted by molar-refractivity contribution is -0.135. The number of para-hydroxylation sites is 1. The van der Waals surface area contributed by atoms with Gasteiger partial charge in [-0.05, 0) is 42.3 Å². The monoisotopic (exact) mass is 367 g/mol. The Kier molecular flexibility index (Phi) is 5.16.